The van der Waals surface area contributed by atoms with Gasteiger partial charge in [-0.05, 0) is 25.0 Å². The van der Waals surface area contributed by atoms with Gasteiger partial charge in [0.1, 0.15) is 0 Å². The SMILES string of the molecule is CSCC(C)(O)CNC(=O)CC(N)CC(C)(C)C. The van der Waals surface area contributed by atoms with Crippen LogP contribution in [0.3, 0.4) is 0 Å². The highest BCUT2D eigenvalue weighted by Gasteiger charge is 2.22. The zero-order chi connectivity index (χ0) is 14.4. The summed E-state index contributed by atoms with van der Waals surface area (Å²) in [5, 5.41) is 12.7. The van der Waals surface area contributed by atoms with Gasteiger partial charge in [0, 0.05) is 24.8 Å². The normalized spacial score (nSPS) is 17.1. The number of nitrogens with two attached hydrogens (primary N) is 1. The second-order valence-corrected chi connectivity index (χ2v) is 7.30. The Labute approximate surface area is 115 Å². The quantitative estimate of drug-likeness (QED) is 0.656. The van der Waals surface area contributed by atoms with Crippen LogP contribution in [0.4, 0.5) is 0 Å². The Bertz CT molecular complexity index is 262. The fraction of sp³-hybridized carbons (Fsp3) is 0.923. The largest absolute Gasteiger partial charge is 0.387 e. The fourth-order valence-electron chi connectivity index (χ4n) is 1.82. The molecular formula is C13H28N2O2S. The van der Waals surface area contributed by atoms with Crippen LogP contribution in [0.1, 0.15) is 40.5 Å². The van der Waals surface area contributed by atoms with Crippen molar-refractivity contribution in [1.82, 2.24) is 5.32 Å². The first kappa shape index (κ1) is 17.7. The van der Waals surface area contributed by atoms with Crippen LogP contribution in [0.15, 0.2) is 0 Å². The van der Waals surface area contributed by atoms with E-state index in [0.717, 1.165) is 6.42 Å². The van der Waals surface area contributed by atoms with Gasteiger partial charge in [0.15, 0.2) is 0 Å². The molecule has 0 radical (unpaired) electrons. The van der Waals surface area contributed by atoms with Crippen molar-refractivity contribution >= 4 is 17.7 Å². The molecule has 0 saturated carbocycles. The molecule has 18 heavy (non-hydrogen) atoms. The van der Waals surface area contributed by atoms with Crippen LogP contribution in [0.25, 0.3) is 0 Å². The van der Waals surface area contributed by atoms with Crippen molar-refractivity contribution in [2.24, 2.45) is 11.1 Å². The number of hydrogen-bond donors (Lipinski definition) is 3. The Morgan fingerprint density at radius 2 is 1.94 bits per heavy atom. The molecule has 4 N–H and O–H groups in total. The smallest absolute Gasteiger partial charge is 0.221 e. The third-order valence-electron chi connectivity index (χ3n) is 2.44. The van der Waals surface area contributed by atoms with Crippen molar-refractivity contribution in [1.29, 1.82) is 0 Å². The third-order valence-corrected chi connectivity index (χ3v) is 3.35. The highest BCUT2D eigenvalue weighted by molar-refractivity contribution is 7.98. The minimum absolute atomic E-state index is 0.0897. The van der Waals surface area contributed by atoms with Crippen LogP contribution in [0, 0.1) is 5.41 Å². The van der Waals surface area contributed by atoms with Crippen LogP contribution >= 0.6 is 11.8 Å². The molecule has 5 heteroatoms. The molecule has 2 unspecified atom stereocenters. The van der Waals surface area contributed by atoms with Gasteiger partial charge in [0.25, 0.3) is 0 Å². The minimum atomic E-state index is -0.858. The summed E-state index contributed by atoms with van der Waals surface area (Å²) in [6.45, 7) is 8.31. The van der Waals surface area contributed by atoms with Crippen LogP contribution in [-0.2, 0) is 4.79 Å². The van der Waals surface area contributed by atoms with E-state index in [1.54, 1.807) is 18.7 Å². The molecule has 0 aromatic rings. The first-order valence-corrected chi connectivity index (χ1v) is 7.69. The topological polar surface area (TPSA) is 75.3 Å². The highest BCUT2D eigenvalue weighted by Crippen LogP contribution is 2.21. The summed E-state index contributed by atoms with van der Waals surface area (Å²) in [4.78, 5) is 11.7. The number of thioether (sulfide) groups is 1. The van der Waals surface area contributed by atoms with Crippen molar-refractivity contribution in [2.75, 3.05) is 18.6 Å². The average Bonchev–Trinajstić information content (AvgIpc) is 2.11. The number of carbonyl (C=O) groups is 1. The van der Waals surface area contributed by atoms with Crippen LogP contribution in [0.5, 0.6) is 0 Å². The molecule has 0 heterocycles. The molecule has 0 aliphatic rings. The Balaban J connectivity index is 3.98. The van der Waals surface area contributed by atoms with Crippen molar-refractivity contribution in [2.45, 2.75) is 52.2 Å². The fourth-order valence-corrected chi connectivity index (χ4v) is 2.54. The van der Waals surface area contributed by atoms with E-state index < -0.39 is 5.60 Å². The zero-order valence-corrected chi connectivity index (χ0v) is 13.1. The van der Waals surface area contributed by atoms with E-state index in [-0.39, 0.29) is 23.9 Å². The monoisotopic (exact) mass is 276 g/mol. The highest BCUT2D eigenvalue weighted by atomic mass is 32.2. The Kier molecular flexibility index (Phi) is 7.25. The second-order valence-electron chi connectivity index (χ2n) is 6.44. The standard InChI is InChI=1S/C13H28N2O2S/c1-12(2,3)7-10(14)6-11(16)15-8-13(4,17)9-18-5/h10,17H,6-9,14H2,1-5H3,(H,15,16). The van der Waals surface area contributed by atoms with Gasteiger partial charge in [-0.3, -0.25) is 4.79 Å². The predicted molar refractivity (Wildman–Crippen MR) is 78.7 cm³/mol. The molecule has 1 amide bonds. The second kappa shape index (κ2) is 7.36. The van der Waals surface area contributed by atoms with E-state index in [1.165, 1.54) is 0 Å². The summed E-state index contributed by atoms with van der Waals surface area (Å²) in [6.07, 6.45) is 3.05. The molecule has 0 rings (SSSR count). The number of carbonyl (C=O) groups excluding carboxylic acids is 1. The lowest BCUT2D eigenvalue weighted by molar-refractivity contribution is -0.122. The van der Waals surface area contributed by atoms with Crippen LogP contribution in [0.2, 0.25) is 0 Å². The first-order chi connectivity index (χ1) is 8.06. The van der Waals surface area contributed by atoms with Gasteiger partial charge in [-0.1, -0.05) is 20.8 Å². The summed E-state index contributed by atoms with van der Waals surface area (Å²) in [6, 6.07) is -0.129. The van der Waals surface area contributed by atoms with E-state index in [0.29, 0.717) is 12.2 Å². The summed E-state index contributed by atoms with van der Waals surface area (Å²) >= 11 is 1.56. The average molecular weight is 276 g/mol. The van der Waals surface area contributed by atoms with Crippen LogP contribution in [-0.4, -0.2) is 41.2 Å². The van der Waals surface area contributed by atoms with Gasteiger partial charge in [-0.15, -0.1) is 0 Å². The molecule has 108 valence electrons. The lowest BCUT2D eigenvalue weighted by Gasteiger charge is -2.25. The first-order valence-electron chi connectivity index (χ1n) is 6.29. The molecule has 0 spiro atoms. The Hall–Kier alpha value is -0.260. The molecule has 0 aliphatic carbocycles. The van der Waals surface area contributed by atoms with E-state index in [2.05, 4.69) is 26.1 Å². The van der Waals surface area contributed by atoms with E-state index >= 15 is 0 Å². The number of hydrogen-bond acceptors (Lipinski definition) is 4. The van der Waals surface area contributed by atoms with Gasteiger partial charge in [-0.2, -0.15) is 11.8 Å². The molecule has 0 fully saturated rings. The Morgan fingerprint density at radius 1 is 1.39 bits per heavy atom. The van der Waals surface area contributed by atoms with Gasteiger partial charge >= 0.3 is 0 Å². The summed E-state index contributed by atoms with van der Waals surface area (Å²) in [5.74, 6) is 0.509. The number of aliphatic hydroxyl groups is 1. The Morgan fingerprint density at radius 3 is 2.39 bits per heavy atom. The lowest BCUT2D eigenvalue weighted by Crippen LogP contribution is -2.44. The summed E-state index contributed by atoms with van der Waals surface area (Å²) in [7, 11) is 0. The van der Waals surface area contributed by atoms with Gasteiger partial charge < -0.3 is 16.2 Å². The third kappa shape index (κ3) is 9.74. The molecule has 2 atom stereocenters. The van der Waals surface area contributed by atoms with E-state index in [1.807, 2.05) is 6.26 Å². The molecule has 0 aromatic heterocycles. The van der Waals surface area contributed by atoms with E-state index in [9.17, 15) is 9.90 Å². The van der Waals surface area contributed by atoms with Crippen LogP contribution < -0.4 is 11.1 Å². The predicted octanol–water partition coefficient (Wildman–Crippen LogP) is 1.37. The maximum atomic E-state index is 11.7. The van der Waals surface area contributed by atoms with Gasteiger partial charge in [0.2, 0.25) is 5.91 Å². The van der Waals surface area contributed by atoms with Crippen molar-refractivity contribution < 1.29 is 9.90 Å². The maximum absolute atomic E-state index is 11.7. The molecule has 4 nitrogen and oxygen atoms in total. The molecule has 0 bridgehead atoms. The number of rotatable bonds is 7. The molecule has 0 aliphatic heterocycles. The zero-order valence-electron chi connectivity index (χ0n) is 12.2. The van der Waals surface area contributed by atoms with Crippen molar-refractivity contribution in [3.63, 3.8) is 0 Å². The van der Waals surface area contributed by atoms with Gasteiger partial charge in [-0.25, -0.2) is 0 Å². The summed E-state index contributed by atoms with van der Waals surface area (Å²) in [5.41, 5.74) is 5.20. The maximum Gasteiger partial charge on any atom is 0.221 e. The number of amides is 1. The van der Waals surface area contributed by atoms with Gasteiger partial charge in [0.05, 0.1) is 5.60 Å². The minimum Gasteiger partial charge on any atom is -0.387 e. The van der Waals surface area contributed by atoms with Crippen molar-refractivity contribution in [3.8, 4) is 0 Å². The molecule has 0 saturated heterocycles. The molecular weight excluding hydrogens is 248 g/mol. The lowest BCUT2D eigenvalue weighted by atomic mass is 9.87. The van der Waals surface area contributed by atoms with Crippen molar-refractivity contribution in [3.05, 3.63) is 0 Å². The molecule has 0 aromatic carbocycles. The number of nitrogens with one attached hydrogen (secondary N) is 1. The van der Waals surface area contributed by atoms with E-state index in [4.69, 9.17) is 5.73 Å². The summed E-state index contributed by atoms with van der Waals surface area (Å²) < 4.78 is 0.